The normalized spacial score (nSPS) is 14.8. The average molecular weight is 432 g/mol. The zero-order valence-corrected chi connectivity index (χ0v) is 17.1. The van der Waals surface area contributed by atoms with Crippen LogP contribution >= 0.6 is 0 Å². The number of nitrogens with zero attached hydrogens (tertiary/aromatic N) is 3. The van der Waals surface area contributed by atoms with Gasteiger partial charge in [-0.3, -0.25) is 19.7 Å². The summed E-state index contributed by atoms with van der Waals surface area (Å²) in [5.41, 5.74) is 0.594. The number of nitro groups is 1. The minimum absolute atomic E-state index is 0.0451. The number of nitro benzene ring substituents is 1. The van der Waals surface area contributed by atoms with Gasteiger partial charge in [0.1, 0.15) is 5.69 Å². The topological polar surface area (TPSA) is 95.8 Å². The Balaban J connectivity index is 1.77. The Kier molecular flexibility index (Phi) is 6.47. The van der Waals surface area contributed by atoms with Crippen molar-refractivity contribution in [1.82, 2.24) is 10.2 Å². The number of nitrogens with one attached hydrogen (secondary N) is 1. The lowest BCUT2D eigenvalue weighted by atomic mass is 10.1. The van der Waals surface area contributed by atoms with Crippen molar-refractivity contribution in [1.29, 1.82) is 0 Å². The number of amides is 2. The van der Waals surface area contributed by atoms with Crippen LogP contribution < -0.4 is 10.2 Å². The molecule has 1 N–H and O–H groups in total. The molecular weight excluding hydrogens is 410 g/mol. The lowest BCUT2D eigenvalue weighted by molar-refractivity contribution is -0.384. The van der Waals surface area contributed by atoms with Crippen LogP contribution in [0.1, 0.15) is 35.8 Å². The Morgan fingerprint density at radius 1 is 1.06 bits per heavy atom. The number of carbonyl (C=O) groups is 2. The van der Waals surface area contributed by atoms with E-state index in [0.717, 1.165) is 12.1 Å². The van der Waals surface area contributed by atoms with Crippen molar-refractivity contribution < 1.29 is 23.3 Å². The van der Waals surface area contributed by atoms with Gasteiger partial charge in [-0.1, -0.05) is 6.07 Å². The van der Waals surface area contributed by atoms with E-state index < -0.39 is 28.5 Å². The molecule has 0 bridgehead atoms. The van der Waals surface area contributed by atoms with Crippen molar-refractivity contribution in [2.45, 2.75) is 19.9 Å². The van der Waals surface area contributed by atoms with Crippen molar-refractivity contribution in [2.75, 3.05) is 31.1 Å². The number of halogens is 2. The molecule has 1 aliphatic rings. The summed E-state index contributed by atoms with van der Waals surface area (Å²) in [6.07, 6.45) is 0. The lowest BCUT2D eigenvalue weighted by Crippen LogP contribution is -2.48. The highest BCUT2D eigenvalue weighted by Gasteiger charge is 2.26. The molecule has 0 aliphatic carbocycles. The Morgan fingerprint density at radius 3 is 2.32 bits per heavy atom. The zero-order valence-electron chi connectivity index (χ0n) is 17.1. The molecule has 0 spiro atoms. The van der Waals surface area contributed by atoms with Crippen LogP contribution in [-0.2, 0) is 4.79 Å². The monoisotopic (exact) mass is 432 g/mol. The predicted molar refractivity (Wildman–Crippen MR) is 110 cm³/mol. The van der Waals surface area contributed by atoms with Gasteiger partial charge in [-0.15, -0.1) is 0 Å². The fraction of sp³-hybridized carbons (Fsp3) is 0.333. The third-order valence-electron chi connectivity index (χ3n) is 5.29. The maximum Gasteiger partial charge on any atom is 0.293 e. The SMILES string of the molecule is CC(=O)N1CCN(c2ccc(C(=O)NC(C)c3ccc(F)c(F)c3)cc2[N+](=O)[O-])CC1. The van der Waals surface area contributed by atoms with Crippen LogP contribution in [0.4, 0.5) is 20.2 Å². The van der Waals surface area contributed by atoms with E-state index in [2.05, 4.69) is 5.32 Å². The first-order chi connectivity index (χ1) is 14.7. The highest BCUT2D eigenvalue weighted by molar-refractivity contribution is 5.96. The first kappa shape index (κ1) is 22.1. The highest BCUT2D eigenvalue weighted by atomic mass is 19.2. The summed E-state index contributed by atoms with van der Waals surface area (Å²) in [7, 11) is 0. The van der Waals surface area contributed by atoms with Crippen molar-refractivity contribution in [3.8, 4) is 0 Å². The van der Waals surface area contributed by atoms with Gasteiger partial charge in [0.2, 0.25) is 5.91 Å². The third-order valence-corrected chi connectivity index (χ3v) is 5.29. The molecule has 1 fully saturated rings. The second kappa shape index (κ2) is 9.07. The second-order valence-electron chi connectivity index (χ2n) is 7.32. The molecule has 164 valence electrons. The van der Waals surface area contributed by atoms with E-state index in [-0.39, 0.29) is 17.2 Å². The molecule has 1 atom stereocenters. The molecule has 0 aromatic heterocycles. The Morgan fingerprint density at radius 2 is 1.74 bits per heavy atom. The summed E-state index contributed by atoms with van der Waals surface area (Å²) >= 11 is 0. The molecule has 0 radical (unpaired) electrons. The van der Waals surface area contributed by atoms with Crippen LogP contribution in [0.2, 0.25) is 0 Å². The van der Waals surface area contributed by atoms with E-state index in [1.165, 1.54) is 31.2 Å². The summed E-state index contributed by atoms with van der Waals surface area (Å²) in [6, 6.07) is 6.87. The first-order valence-corrected chi connectivity index (χ1v) is 9.72. The van der Waals surface area contributed by atoms with E-state index in [0.29, 0.717) is 37.4 Å². The van der Waals surface area contributed by atoms with E-state index in [9.17, 15) is 28.5 Å². The van der Waals surface area contributed by atoms with Gasteiger partial charge < -0.3 is 15.1 Å². The smallest absolute Gasteiger partial charge is 0.293 e. The molecule has 1 aliphatic heterocycles. The summed E-state index contributed by atoms with van der Waals surface area (Å²) in [5, 5.41) is 14.3. The minimum Gasteiger partial charge on any atom is -0.362 e. The average Bonchev–Trinajstić information content (AvgIpc) is 2.75. The van der Waals surface area contributed by atoms with E-state index in [4.69, 9.17) is 0 Å². The van der Waals surface area contributed by atoms with E-state index >= 15 is 0 Å². The molecule has 1 heterocycles. The van der Waals surface area contributed by atoms with Crippen LogP contribution in [-0.4, -0.2) is 47.8 Å². The molecule has 2 amide bonds. The first-order valence-electron chi connectivity index (χ1n) is 9.72. The fourth-order valence-corrected chi connectivity index (χ4v) is 3.49. The molecule has 3 rings (SSSR count). The van der Waals surface area contributed by atoms with Gasteiger partial charge in [0.25, 0.3) is 11.6 Å². The van der Waals surface area contributed by atoms with Gasteiger partial charge in [-0.05, 0) is 36.8 Å². The van der Waals surface area contributed by atoms with Gasteiger partial charge in [-0.25, -0.2) is 8.78 Å². The van der Waals surface area contributed by atoms with Crippen LogP contribution in [0.3, 0.4) is 0 Å². The molecule has 2 aromatic carbocycles. The van der Waals surface area contributed by atoms with Gasteiger partial charge in [0.05, 0.1) is 11.0 Å². The summed E-state index contributed by atoms with van der Waals surface area (Å²) in [6.45, 7) is 4.88. The van der Waals surface area contributed by atoms with E-state index in [1.807, 2.05) is 4.90 Å². The molecule has 8 nitrogen and oxygen atoms in total. The number of carbonyl (C=O) groups excluding carboxylic acids is 2. The molecule has 10 heteroatoms. The Bertz CT molecular complexity index is 1020. The van der Waals surface area contributed by atoms with Crippen LogP contribution in [0, 0.1) is 21.7 Å². The van der Waals surface area contributed by atoms with Gasteiger partial charge in [-0.2, -0.15) is 0 Å². The van der Waals surface area contributed by atoms with Crippen LogP contribution in [0.5, 0.6) is 0 Å². The van der Waals surface area contributed by atoms with Gasteiger partial charge in [0, 0.05) is 44.7 Å². The standard InChI is InChI=1S/C21H22F2N4O4/c1-13(15-3-5-17(22)18(23)11-15)24-21(29)16-4-6-19(20(12-16)27(30)31)26-9-7-25(8-10-26)14(2)28/h3-6,11-13H,7-10H2,1-2H3,(H,24,29). The number of rotatable bonds is 5. The van der Waals surface area contributed by atoms with E-state index in [1.54, 1.807) is 11.8 Å². The Labute approximate surface area is 177 Å². The molecular formula is C21H22F2N4O4. The van der Waals surface area contributed by atoms with Crippen molar-refractivity contribution >= 4 is 23.2 Å². The predicted octanol–water partition coefficient (Wildman–Crippen LogP) is 3.03. The van der Waals surface area contributed by atoms with Crippen LogP contribution in [0.15, 0.2) is 36.4 Å². The Hall–Kier alpha value is -3.56. The molecule has 2 aromatic rings. The maximum atomic E-state index is 13.4. The highest BCUT2D eigenvalue weighted by Crippen LogP contribution is 2.30. The summed E-state index contributed by atoms with van der Waals surface area (Å²) in [4.78, 5) is 38.6. The number of hydrogen-bond acceptors (Lipinski definition) is 5. The number of anilines is 1. The molecule has 0 saturated carbocycles. The fourth-order valence-electron chi connectivity index (χ4n) is 3.49. The van der Waals surface area contributed by atoms with Crippen molar-refractivity contribution in [3.05, 3.63) is 69.3 Å². The van der Waals surface area contributed by atoms with Crippen molar-refractivity contribution in [3.63, 3.8) is 0 Å². The second-order valence-corrected chi connectivity index (χ2v) is 7.32. The maximum absolute atomic E-state index is 13.4. The summed E-state index contributed by atoms with van der Waals surface area (Å²) < 4.78 is 26.6. The number of hydrogen-bond donors (Lipinski definition) is 1. The molecule has 1 unspecified atom stereocenters. The zero-order chi connectivity index (χ0) is 22.7. The number of benzene rings is 2. The third kappa shape index (κ3) is 4.96. The molecule has 1 saturated heterocycles. The minimum atomic E-state index is -1.02. The van der Waals surface area contributed by atoms with Crippen LogP contribution in [0.25, 0.3) is 0 Å². The van der Waals surface area contributed by atoms with Gasteiger partial charge >= 0.3 is 0 Å². The number of piperazine rings is 1. The largest absolute Gasteiger partial charge is 0.362 e. The van der Waals surface area contributed by atoms with Crippen molar-refractivity contribution in [2.24, 2.45) is 0 Å². The summed E-state index contributed by atoms with van der Waals surface area (Å²) in [5.74, 6) is -2.63. The lowest BCUT2D eigenvalue weighted by Gasteiger charge is -2.35. The molecule has 31 heavy (non-hydrogen) atoms. The quantitative estimate of drug-likeness (QED) is 0.579. The van der Waals surface area contributed by atoms with Gasteiger partial charge in [0.15, 0.2) is 11.6 Å².